The van der Waals surface area contributed by atoms with E-state index in [9.17, 15) is 8.78 Å². The van der Waals surface area contributed by atoms with Gasteiger partial charge in [-0.25, -0.2) is 4.39 Å². The molecule has 0 aliphatic rings. The minimum atomic E-state index is -1.24. The number of benzene rings is 1. The Morgan fingerprint density at radius 1 is 1.25 bits per heavy atom. The molecule has 0 amide bonds. The standard InChI is InChI=1S/C7H7F2NO.ClH/c8-6-4(3-10)1-2-5(11)7(6)9;/h1-2,11H,3,10H2;1H. The van der Waals surface area contributed by atoms with Crippen LogP contribution in [0.15, 0.2) is 12.1 Å². The molecule has 0 saturated carbocycles. The van der Waals surface area contributed by atoms with Crippen LogP contribution in [-0.2, 0) is 6.54 Å². The smallest absolute Gasteiger partial charge is 0.200 e. The van der Waals surface area contributed by atoms with Gasteiger partial charge in [0.25, 0.3) is 0 Å². The molecule has 12 heavy (non-hydrogen) atoms. The molecule has 1 rings (SSSR count). The maximum absolute atomic E-state index is 12.6. The molecular weight excluding hydrogens is 188 g/mol. The highest BCUT2D eigenvalue weighted by atomic mass is 35.5. The van der Waals surface area contributed by atoms with E-state index >= 15 is 0 Å². The average Bonchev–Trinajstić information content (AvgIpc) is 2.01. The first kappa shape index (κ1) is 11.1. The first-order chi connectivity index (χ1) is 5.16. The third-order valence-electron chi connectivity index (χ3n) is 1.36. The lowest BCUT2D eigenvalue weighted by atomic mass is 10.2. The van der Waals surface area contributed by atoms with E-state index in [4.69, 9.17) is 10.8 Å². The zero-order valence-electron chi connectivity index (χ0n) is 6.05. The van der Waals surface area contributed by atoms with Gasteiger partial charge in [-0.05, 0) is 6.07 Å². The Hall–Kier alpha value is -0.870. The summed E-state index contributed by atoms with van der Waals surface area (Å²) < 4.78 is 25.1. The molecule has 1 aromatic carbocycles. The van der Waals surface area contributed by atoms with Crippen LogP contribution in [0.1, 0.15) is 5.56 Å². The fraction of sp³-hybridized carbons (Fsp3) is 0.143. The molecule has 0 aliphatic carbocycles. The normalized spacial score (nSPS) is 9.25. The summed E-state index contributed by atoms with van der Waals surface area (Å²) in [4.78, 5) is 0. The van der Waals surface area contributed by atoms with Crippen LogP contribution in [0.4, 0.5) is 8.78 Å². The van der Waals surface area contributed by atoms with Crippen LogP contribution in [-0.4, -0.2) is 5.11 Å². The molecule has 0 saturated heterocycles. The van der Waals surface area contributed by atoms with Gasteiger partial charge in [0.1, 0.15) is 0 Å². The first-order valence-electron chi connectivity index (χ1n) is 3.02. The van der Waals surface area contributed by atoms with Gasteiger partial charge in [0.05, 0.1) is 0 Å². The van der Waals surface area contributed by atoms with E-state index in [1.54, 1.807) is 0 Å². The van der Waals surface area contributed by atoms with Gasteiger partial charge in [-0.3, -0.25) is 0 Å². The number of rotatable bonds is 1. The topological polar surface area (TPSA) is 46.2 Å². The summed E-state index contributed by atoms with van der Waals surface area (Å²) >= 11 is 0. The zero-order chi connectivity index (χ0) is 8.43. The van der Waals surface area contributed by atoms with Crippen LogP contribution in [0.3, 0.4) is 0 Å². The van der Waals surface area contributed by atoms with Crippen molar-refractivity contribution in [3.05, 3.63) is 29.3 Å². The molecule has 1 aromatic rings. The number of halogens is 3. The molecule has 0 atom stereocenters. The third kappa shape index (κ3) is 1.84. The van der Waals surface area contributed by atoms with Crippen molar-refractivity contribution in [2.45, 2.75) is 6.54 Å². The van der Waals surface area contributed by atoms with Crippen LogP contribution < -0.4 is 5.73 Å². The predicted octanol–water partition coefficient (Wildman–Crippen LogP) is 1.55. The van der Waals surface area contributed by atoms with Gasteiger partial charge >= 0.3 is 0 Å². The van der Waals surface area contributed by atoms with Gasteiger partial charge in [-0.15, -0.1) is 12.4 Å². The monoisotopic (exact) mass is 195 g/mol. The van der Waals surface area contributed by atoms with Crippen molar-refractivity contribution in [1.82, 2.24) is 0 Å². The van der Waals surface area contributed by atoms with E-state index in [1.165, 1.54) is 6.07 Å². The summed E-state index contributed by atoms with van der Waals surface area (Å²) in [6.07, 6.45) is 0. The summed E-state index contributed by atoms with van der Waals surface area (Å²) in [5.74, 6) is -3.01. The van der Waals surface area contributed by atoms with Crippen LogP contribution in [0.5, 0.6) is 5.75 Å². The number of phenolic OH excluding ortho intramolecular Hbond substituents is 1. The predicted molar refractivity (Wildman–Crippen MR) is 43.2 cm³/mol. The fourth-order valence-electron chi connectivity index (χ4n) is 0.737. The molecule has 0 heterocycles. The largest absolute Gasteiger partial charge is 0.505 e. The van der Waals surface area contributed by atoms with Gasteiger partial charge in [-0.1, -0.05) is 6.07 Å². The van der Waals surface area contributed by atoms with Gasteiger partial charge < -0.3 is 10.8 Å². The second-order valence-corrected chi connectivity index (χ2v) is 2.08. The SMILES string of the molecule is Cl.NCc1ccc(O)c(F)c1F. The molecule has 0 aromatic heterocycles. The van der Waals surface area contributed by atoms with Gasteiger partial charge in [0.15, 0.2) is 11.6 Å². The fourth-order valence-corrected chi connectivity index (χ4v) is 0.737. The molecule has 3 N–H and O–H groups in total. The van der Waals surface area contributed by atoms with Gasteiger partial charge in [0, 0.05) is 12.1 Å². The Kier molecular flexibility index (Phi) is 3.92. The molecular formula is C7H8ClF2NO. The number of nitrogens with two attached hydrogens (primary N) is 1. The highest BCUT2D eigenvalue weighted by molar-refractivity contribution is 5.85. The molecule has 0 bridgehead atoms. The molecule has 0 spiro atoms. The average molecular weight is 196 g/mol. The van der Waals surface area contributed by atoms with E-state index in [0.29, 0.717) is 0 Å². The van der Waals surface area contributed by atoms with E-state index < -0.39 is 17.4 Å². The second kappa shape index (κ2) is 4.23. The lowest BCUT2D eigenvalue weighted by Crippen LogP contribution is -2.01. The Morgan fingerprint density at radius 2 is 1.83 bits per heavy atom. The first-order valence-corrected chi connectivity index (χ1v) is 3.02. The van der Waals surface area contributed by atoms with Crippen LogP contribution >= 0.6 is 12.4 Å². The highest BCUT2D eigenvalue weighted by Gasteiger charge is 2.10. The molecule has 2 nitrogen and oxygen atoms in total. The van der Waals surface area contributed by atoms with Crippen molar-refractivity contribution in [2.24, 2.45) is 5.73 Å². The van der Waals surface area contributed by atoms with Gasteiger partial charge in [0.2, 0.25) is 5.82 Å². The molecule has 68 valence electrons. The maximum Gasteiger partial charge on any atom is 0.200 e. The number of hydrogen-bond acceptors (Lipinski definition) is 2. The van der Waals surface area contributed by atoms with Crippen LogP contribution in [0.25, 0.3) is 0 Å². The Bertz CT molecular complexity index is 280. The van der Waals surface area contributed by atoms with E-state index in [1.807, 2.05) is 0 Å². The lowest BCUT2D eigenvalue weighted by Gasteiger charge is -2.00. The Morgan fingerprint density at radius 3 is 2.33 bits per heavy atom. The Balaban J connectivity index is 0.00000121. The van der Waals surface area contributed by atoms with Crippen LogP contribution in [0.2, 0.25) is 0 Å². The number of hydrogen-bond donors (Lipinski definition) is 2. The highest BCUT2D eigenvalue weighted by Crippen LogP contribution is 2.20. The van der Waals surface area contributed by atoms with Crippen molar-refractivity contribution in [3.8, 4) is 5.75 Å². The molecule has 0 unspecified atom stereocenters. The summed E-state index contributed by atoms with van der Waals surface area (Å²) in [5, 5.41) is 8.66. The Labute approximate surface area is 74.4 Å². The van der Waals surface area contributed by atoms with Crippen molar-refractivity contribution in [3.63, 3.8) is 0 Å². The summed E-state index contributed by atoms with van der Waals surface area (Å²) in [7, 11) is 0. The third-order valence-corrected chi connectivity index (χ3v) is 1.36. The lowest BCUT2D eigenvalue weighted by molar-refractivity contribution is 0.404. The summed E-state index contributed by atoms with van der Waals surface area (Å²) in [6.45, 7) is -0.0803. The molecule has 5 heteroatoms. The van der Waals surface area contributed by atoms with E-state index in [0.717, 1.165) is 6.07 Å². The van der Waals surface area contributed by atoms with Crippen molar-refractivity contribution < 1.29 is 13.9 Å². The van der Waals surface area contributed by atoms with Crippen molar-refractivity contribution in [1.29, 1.82) is 0 Å². The molecule has 0 fully saturated rings. The summed E-state index contributed by atoms with van der Waals surface area (Å²) in [5.41, 5.74) is 5.14. The maximum atomic E-state index is 12.6. The van der Waals surface area contributed by atoms with Gasteiger partial charge in [-0.2, -0.15) is 4.39 Å². The zero-order valence-corrected chi connectivity index (χ0v) is 6.87. The van der Waals surface area contributed by atoms with E-state index in [2.05, 4.69) is 0 Å². The second-order valence-electron chi connectivity index (χ2n) is 2.08. The minimum Gasteiger partial charge on any atom is -0.505 e. The van der Waals surface area contributed by atoms with Crippen molar-refractivity contribution in [2.75, 3.05) is 0 Å². The number of aromatic hydroxyl groups is 1. The molecule has 0 aliphatic heterocycles. The quantitative estimate of drug-likeness (QED) is 0.714. The van der Waals surface area contributed by atoms with Crippen molar-refractivity contribution >= 4 is 12.4 Å². The van der Waals surface area contributed by atoms with Crippen LogP contribution in [0, 0.1) is 11.6 Å². The minimum absolute atomic E-state index is 0. The summed E-state index contributed by atoms with van der Waals surface area (Å²) in [6, 6.07) is 2.31. The number of phenols is 1. The molecule has 0 radical (unpaired) electrons. The van der Waals surface area contributed by atoms with E-state index in [-0.39, 0.29) is 24.5 Å².